The van der Waals surface area contributed by atoms with Gasteiger partial charge >= 0.3 is 0 Å². The Hall–Kier alpha value is -2.36. The van der Waals surface area contributed by atoms with Gasteiger partial charge in [0.2, 0.25) is 0 Å². The van der Waals surface area contributed by atoms with Gasteiger partial charge < -0.3 is 9.67 Å². The van der Waals surface area contributed by atoms with Gasteiger partial charge in [0.1, 0.15) is 5.75 Å². The normalized spacial score (nSPS) is 14.1. The van der Waals surface area contributed by atoms with E-state index in [4.69, 9.17) is 0 Å². The number of phenolic OH excluding ortho intramolecular Hbond substituents is 1. The number of hydrogen-bond donors (Lipinski definition) is 1. The van der Waals surface area contributed by atoms with E-state index in [-0.39, 0.29) is 17.1 Å². The molecule has 0 saturated carbocycles. The van der Waals surface area contributed by atoms with E-state index in [1.54, 1.807) is 34.9 Å². The van der Waals surface area contributed by atoms with E-state index >= 15 is 0 Å². The molecule has 1 heterocycles. The van der Waals surface area contributed by atoms with Gasteiger partial charge in [-0.05, 0) is 36.6 Å². The van der Waals surface area contributed by atoms with Crippen molar-refractivity contribution in [1.29, 1.82) is 0 Å². The summed E-state index contributed by atoms with van der Waals surface area (Å²) in [5, 5.41) is 9.29. The second kappa shape index (κ2) is 4.96. The first-order chi connectivity index (χ1) is 9.65. The molecule has 0 radical (unpaired) electrons. The molecule has 1 aliphatic rings. The number of rotatable bonds is 2. The highest BCUT2D eigenvalue weighted by molar-refractivity contribution is 5.97. The summed E-state index contributed by atoms with van der Waals surface area (Å²) in [6.07, 6.45) is 2.12. The topological polar surface area (TPSA) is 59.3 Å². The van der Waals surface area contributed by atoms with Crippen LogP contribution in [0.2, 0.25) is 0 Å². The lowest BCUT2D eigenvalue weighted by Crippen LogP contribution is -2.28. The van der Waals surface area contributed by atoms with Gasteiger partial charge in [0, 0.05) is 23.7 Å². The first kappa shape index (κ1) is 12.7. The number of ketones is 1. The SMILES string of the molecule is O=C1CCCc2c1ccc(=O)n2Cc1ccc(O)cc1. The summed E-state index contributed by atoms with van der Waals surface area (Å²) in [5.74, 6) is 0.317. The van der Waals surface area contributed by atoms with E-state index < -0.39 is 0 Å². The second-order valence-corrected chi connectivity index (χ2v) is 5.06. The summed E-state index contributed by atoms with van der Waals surface area (Å²) < 4.78 is 1.67. The van der Waals surface area contributed by atoms with Crippen LogP contribution in [0, 0.1) is 0 Å². The molecule has 0 atom stereocenters. The third-order valence-corrected chi connectivity index (χ3v) is 3.69. The number of fused-ring (bicyclic) bond motifs is 1. The number of phenols is 1. The molecule has 0 aliphatic heterocycles. The molecule has 0 amide bonds. The van der Waals surface area contributed by atoms with E-state index in [1.165, 1.54) is 6.07 Å². The van der Waals surface area contributed by atoms with Crippen LogP contribution in [-0.2, 0) is 13.0 Å². The van der Waals surface area contributed by atoms with Crippen LogP contribution in [0.4, 0.5) is 0 Å². The zero-order valence-electron chi connectivity index (χ0n) is 11.0. The molecule has 0 bridgehead atoms. The summed E-state index contributed by atoms with van der Waals surface area (Å²) in [6, 6.07) is 9.87. The van der Waals surface area contributed by atoms with Gasteiger partial charge in [-0.25, -0.2) is 0 Å². The minimum atomic E-state index is -0.0912. The van der Waals surface area contributed by atoms with Crippen molar-refractivity contribution in [2.24, 2.45) is 0 Å². The first-order valence-electron chi connectivity index (χ1n) is 6.69. The first-order valence-corrected chi connectivity index (χ1v) is 6.69. The van der Waals surface area contributed by atoms with E-state index in [1.807, 2.05) is 0 Å². The number of hydrogen-bond acceptors (Lipinski definition) is 3. The Morgan fingerprint density at radius 1 is 1.00 bits per heavy atom. The second-order valence-electron chi connectivity index (χ2n) is 5.06. The summed E-state index contributed by atoms with van der Waals surface area (Å²) in [6.45, 7) is 0.426. The van der Waals surface area contributed by atoms with Crippen molar-refractivity contribution in [1.82, 2.24) is 4.57 Å². The zero-order chi connectivity index (χ0) is 14.1. The Morgan fingerprint density at radius 3 is 2.50 bits per heavy atom. The zero-order valence-corrected chi connectivity index (χ0v) is 11.0. The summed E-state index contributed by atoms with van der Waals surface area (Å²) in [7, 11) is 0. The van der Waals surface area contributed by atoms with Crippen LogP contribution < -0.4 is 5.56 Å². The number of aromatic hydroxyl groups is 1. The Bertz CT molecular complexity index is 713. The van der Waals surface area contributed by atoms with Crippen LogP contribution in [0.3, 0.4) is 0 Å². The minimum Gasteiger partial charge on any atom is -0.508 e. The molecule has 3 rings (SSSR count). The molecule has 1 aromatic heterocycles. The Morgan fingerprint density at radius 2 is 1.75 bits per heavy atom. The van der Waals surface area contributed by atoms with E-state index in [9.17, 15) is 14.7 Å². The van der Waals surface area contributed by atoms with Crippen molar-refractivity contribution >= 4 is 5.78 Å². The molecule has 0 fully saturated rings. The van der Waals surface area contributed by atoms with Crippen molar-refractivity contribution in [2.45, 2.75) is 25.8 Å². The van der Waals surface area contributed by atoms with Gasteiger partial charge in [-0.3, -0.25) is 9.59 Å². The number of benzene rings is 1. The monoisotopic (exact) mass is 269 g/mol. The van der Waals surface area contributed by atoms with Crippen molar-refractivity contribution < 1.29 is 9.90 Å². The van der Waals surface area contributed by atoms with Gasteiger partial charge in [-0.15, -0.1) is 0 Å². The van der Waals surface area contributed by atoms with Crippen molar-refractivity contribution in [3.8, 4) is 5.75 Å². The van der Waals surface area contributed by atoms with Crippen molar-refractivity contribution in [3.05, 3.63) is 63.6 Å². The number of pyridine rings is 1. The molecular weight excluding hydrogens is 254 g/mol. The summed E-state index contributed by atoms with van der Waals surface area (Å²) >= 11 is 0. The van der Waals surface area contributed by atoms with E-state index in [0.29, 0.717) is 18.5 Å². The number of aromatic nitrogens is 1. The molecule has 0 saturated heterocycles. The van der Waals surface area contributed by atoms with E-state index in [0.717, 1.165) is 24.1 Å². The van der Waals surface area contributed by atoms with Crippen LogP contribution in [0.25, 0.3) is 0 Å². The van der Waals surface area contributed by atoms with Crippen LogP contribution >= 0.6 is 0 Å². The average Bonchev–Trinajstić information content (AvgIpc) is 2.44. The maximum absolute atomic E-state index is 12.1. The maximum Gasteiger partial charge on any atom is 0.251 e. The van der Waals surface area contributed by atoms with Crippen LogP contribution in [0.1, 0.15) is 34.5 Å². The molecule has 4 nitrogen and oxygen atoms in total. The minimum absolute atomic E-state index is 0.0912. The van der Waals surface area contributed by atoms with Gasteiger partial charge in [-0.2, -0.15) is 0 Å². The fraction of sp³-hybridized carbons (Fsp3) is 0.250. The Labute approximate surface area is 116 Å². The molecule has 102 valence electrons. The molecular formula is C16H15NO3. The largest absolute Gasteiger partial charge is 0.508 e. The Balaban J connectivity index is 2.05. The number of carbonyl (C=O) groups excluding carboxylic acids is 1. The van der Waals surface area contributed by atoms with Crippen LogP contribution in [0.5, 0.6) is 5.75 Å². The molecule has 1 N–H and O–H groups in total. The molecule has 4 heteroatoms. The molecule has 0 spiro atoms. The third-order valence-electron chi connectivity index (χ3n) is 3.69. The number of Topliss-reactive ketones (excluding diaryl/α,β-unsaturated/α-hetero) is 1. The van der Waals surface area contributed by atoms with Gasteiger partial charge in [0.15, 0.2) is 5.78 Å². The Kier molecular flexibility index (Phi) is 3.14. The standard InChI is InChI=1S/C16H15NO3/c18-12-6-4-11(5-7-12)10-17-14-2-1-3-15(19)13(14)8-9-16(17)20/h4-9,18H,1-3,10H2. The predicted octanol–water partition coefficient (Wildman–Crippen LogP) is 2.12. The fourth-order valence-electron chi connectivity index (χ4n) is 2.65. The van der Waals surface area contributed by atoms with Crippen LogP contribution in [-0.4, -0.2) is 15.5 Å². The molecule has 1 aliphatic carbocycles. The highest BCUT2D eigenvalue weighted by Gasteiger charge is 2.20. The molecule has 20 heavy (non-hydrogen) atoms. The van der Waals surface area contributed by atoms with Crippen LogP contribution in [0.15, 0.2) is 41.2 Å². The van der Waals surface area contributed by atoms with Crippen molar-refractivity contribution in [2.75, 3.05) is 0 Å². The highest BCUT2D eigenvalue weighted by Crippen LogP contribution is 2.20. The third kappa shape index (κ3) is 2.25. The maximum atomic E-state index is 12.1. The average molecular weight is 269 g/mol. The molecule has 1 aromatic carbocycles. The lowest BCUT2D eigenvalue weighted by Gasteiger charge is -2.20. The number of nitrogens with zero attached hydrogens (tertiary/aromatic N) is 1. The lowest BCUT2D eigenvalue weighted by molar-refractivity contribution is 0.0970. The molecule has 2 aromatic rings. The highest BCUT2D eigenvalue weighted by atomic mass is 16.3. The lowest BCUT2D eigenvalue weighted by atomic mass is 9.94. The van der Waals surface area contributed by atoms with Crippen molar-refractivity contribution in [3.63, 3.8) is 0 Å². The molecule has 0 unspecified atom stereocenters. The van der Waals surface area contributed by atoms with E-state index in [2.05, 4.69) is 0 Å². The van der Waals surface area contributed by atoms with Gasteiger partial charge in [0.25, 0.3) is 5.56 Å². The fourth-order valence-corrected chi connectivity index (χ4v) is 2.65. The predicted molar refractivity (Wildman–Crippen MR) is 75.2 cm³/mol. The van der Waals surface area contributed by atoms with Gasteiger partial charge in [0.05, 0.1) is 6.54 Å². The summed E-state index contributed by atoms with van der Waals surface area (Å²) in [4.78, 5) is 24.0. The quantitative estimate of drug-likeness (QED) is 0.908. The van der Waals surface area contributed by atoms with Gasteiger partial charge in [-0.1, -0.05) is 12.1 Å². The number of carbonyl (C=O) groups is 1. The summed E-state index contributed by atoms with van der Waals surface area (Å²) in [5.41, 5.74) is 2.35. The smallest absolute Gasteiger partial charge is 0.251 e.